The third-order valence-electron chi connectivity index (χ3n) is 4.18. The van der Waals surface area contributed by atoms with Gasteiger partial charge in [-0.15, -0.1) is 0 Å². The molecular formula is C13H24N4. The molecule has 96 valence electrons. The molecule has 1 aliphatic heterocycles. The van der Waals surface area contributed by atoms with Gasteiger partial charge >= 0.3 is 0 Å². The highest BCUT2D eigenvalue weighted by Gasteiger charge is 2.31. The quantitative estimate of drug-likeness (QED) is 0.866. The SMILES string of the molecule is CC1CCCN(C(C)c2ccnn2C)C1CN. The molecule has 0 aliphatic carbocycles. The molecule has 1 aromatic heterocycles. The van der Waals surface area contributed by atoms with E-state index in [1.54, 1.807) is 0 Å². The summed E-state index contributed by atoms with van der Waals surface area (Å²) in [4.78, 5) is 2.55. The molecule has 1 aromatic rings. The second-order valence-corrected chi connectivity index (χ2v) is 5.22. The van der Waals surface area contributed by atoms with Crippen LogP contribution in [0.25, 0.3) is 0 Å². The number of nitrogens with two attached hydrogens (primary N) is 1. The van der Waals surface area contributed by atoms with E-state index in [1.807, 2.05) is 17.9 Å². The van der Waals surface area contributed by atoms with Crippen LogP contribution in [0.5, 0.6) is 0 Å². The van der Waals surface area contributed by atoms with Crippen molar-refractivity contribution >= 4 is 0 Å². The molecule has 0 amide bonds. The van der Waals surface area contributed by atoms with Crippen molar-refractivity contribution in [2.75, 3.05) is 13.1 Å². The number of aryl methyl sites for hydroxylation is 1. The molecule has 17 heavy (non-hydrogen) atoms. The number of nitrogens with zero attached hydrogens (tertiary/aromatic N) is 3. The number of rotatable bonds is 3. The van der Waals surface area contributed by atoms with E-state index in [1.165, 1.54) is 18.5 Å². The Balaban J connectivity index is 2.17. The lowest BCUT2D eigenvalue weighted by Gasteiger charge is -2.43. The summed E-state index contributed by atoms with van der Waals surface area (Å²) in [5, 5.41) is 4.26. The van der Waals surface area contributed by atoms with Crippen LogP contribution in [-0.2, 0) is 7.05 Å². The fourth-order valence-electron chi connectivity index (χ4n) is 3.09. The van der Waals surface area contributed by atoms with Gasteiger partial charge in [-0.05, 0) is 38.3 Å². The van der Waals surface area contributed by atoms with Gasteiger partial charge in [-0.1, -0.05) is 6.92 Å². The van der Waals surface area contributed by atoms with Crippen molar-refractivity contribution in [1.82, 2.24) is 14.7 Å². The molecular weight excluding hydrogens is 212 g/mol. The highest BCUT2D eigenvalue weighted by Crippen LogP contribution is 2.30. The molecule has 1 aliphatic rings. The predicted octanol–water partition coefficient (Wildman–Crippen LogP) is 1.54. The standard InChI is InChI=1S/C13H24N4/c1-10-5-4-8-17(13(10)9-14)11(2)12-6-7-15-16(12)3/h6-7,10-11,13H,4-5,8-9,14H2,1-3H3. The Labute approximate surface area is 104 Å². The average molecular weight is 236 g/mol. The molecule has 0 saturated carbocycles. The maximum absolute atomic E-state index is 5.95. The van der Waals surface area contributed by atoms with Crippen LogP contribution in [-0.4, -0.2) is 33.8 Å². The molecule has 0 radical (unpaired) electrons. The van der Waals surface area contributed by atoms with E-state index in [0.29, 0.717) is 18.0 Å². The van der Waals surface area contributed by atoms with Crippen molar-refractivity contribution in [2.45, 2.75) is 38.8 Å². The summed E-state index contributed by atoms with van der Waals surface area (Å²) in [7, 11) is 2.01. The molecule has 2 heterocycles. The van der Waals surface area contributed by atoms with Crippen LogP contribution in [0.2, 0.25) is 0 Å². The largest absolute Gasteiger partial charge is 0.329 e. The fourth-order valence-corrected chi connectivity index (χ4v) is 3.09. The first-order chi connectivity index (χ1) is 8.15. The van der Waals surface area contributed by atoms with Gasteiger partial charge in [0.2, 0.25) is 0 Å². The first kappa shape index (κ1) is 12.6. The van der Waals surface area contributed by atoms with E-state index >= 15 is 0 Å². The van der Waals surface area contributed by atoms with Gasteiger partial charge in [-0.3, -0.25) is 9.58 Å². The molecule has 4 nitrogen and oxygen atoms in total. The van der Waals surface area contributed by atoms with E-state index in [0.717, 1.165) is 13.1 Å². The summed E-state index contributed by atoms with van der Waals surface area (Å²) in [6.45, 7) is 6.49. The zero-order valence-electron chi connectivity index (χ0n) is 11.1. The van der Waals surface area contributed by atoms with E-state index < -0.39 is 0 Å². The van der Waals surface area contributed by atoms with Gasteiger partial charge < -0.3 is 5.73 Å². The number of hydrogen-bond donors (Lipinski definition) is 1. The summed E-state index contributed by atoms with van der Waals surface area (Å²) >= 11 is 0. The maximum Gasteiger partial charge on any atom is 0.0549 e. The Kier molecular flexibility index (Phi) is 3.84. The monoisotopic (exact) mass is 236 g/mol. The predicted molar refractivity (Wildman–Crippen MR) is 69.6 cm³/mol. The lowest BCUT2D eigenvalue weighted by molar-refractivity contribution is 0.0657. The van der Waals surface area contributed by atoms with E-state index in [2.05, 4.69) is 29.9 Å². The summed E-state index contributed by atoms with van der Waals surface area (Å²) < 4.78 is 1.97. The third-order valence-corrected chi connectivity index (χ3v) is 4.18. The van der Waals surface area contributed by atoms with E-state index in [-0.39, 0.29) is 0 Å². The van der Waals surface area contributed by atoms with Gasteiger partial charge in [0.05, 0.1) is 5.69 Å². The fraction of sp³-hybridized carbons (Fsp3) is 0.769. The van der Waals surface area contributed by atoms with Gasteiger partial charge in [0.25, 0.3) is 0 Å². The lowest BCUT2D eigenvalue weighted by Crippen LogP contribution is -2.49. The Hall–Kier alpha value is -0.870. The van der Waals surface area contributed by atoms with Crippen LogP contribution < -0.4 is 5.73 Å². The average Bonchev–Trinajstić information content (AvgIpc) is 2.74. The van der Waals surface area contributed by atoms with Crippen molar-refractivity contribution in [3.8, 4) is 0 Å². The van der Waals surface area contributed by atoms with Crippen molar-refractivity contribution in [3.05, 3.63) is 18.0 Å². The van der Waals surface area contributed by atoms with E-state index in [4.69, 9.17) is 5.73 Å². The molecule has 2 rings (SSSR count). The zero-order valence-corrected chi connectivity index (χ0v) is 11.1. The topological polar surface area (TPSA) is 47.1 Å². The summed E-state index contributed by atoms with van der Waals surface area (Å²) in [6, 6.07) is 3.02. The number of likely N-dealkylation sites (tertiary alicyclic amines) is 1. The van der Waals surface area contributed by atoms with Gasteiger partial charge in [0, 0.05) is 31.9 Å². The normalized spacial score (nSPS) is 28.2. The molecule has 4 heteroatoms. The summed E-state index contributed by atoms with van der Waals surface area (Å²) in [5.74, 6) is 0.699. The zero-order chi connectivity index (χ0) is 12.4. The first-order valence-electron chi connectivity index (χ1n) is 6.59. The van der Waals surface area contributed by atoms with Gasteiger partial charge in [0.1, 0.15) is 0 Å². The smallest absolute Gasteiger partial charge is 0.0549 e. The highest BCUT2D eigenvalue weighted by atomic mass is 15.3. The number of aromatic nitrogens is 2. The van der Waals surface area contributed by atoms with Gasteiger partial charge in [0.15, 0.2) is 0 Å². The van der Waals surface area contributed by atoms with Gasteiger partial charge in [-0.2, -0.15) is 5.10 Å². The van der Waals surface area contributed by atoms with Crippen LogP contribution in [0.4, 0.5) is 0 Å². The van der Waals surface area contributed by atoms with E-state index in [9.17, 15) is 0 Å². The summed E-state index contributed by atoms with van der Waals surface area (Å²) in [6.07, 6.45) is 4.45. The van der Waals surface area contributed by atoms with Crippen molar-refractivity contribution in [2.24, 2.45) is 18.7 Å². The second kappa shape index (κ2) is 5.19. The van der Waals surface area contributed by atoms with Crippen molar-refractivity contribution < 1.29 is 0 Å². The maximum atomic E-state index is 5.95. The molecule has 2 N–H and O–H groups in total. The molecule has 1 fully saturated rings. The Morgan fingerprint density at radius 2 is 2.35 bits per heavy atom. The van der Waals surface area contributed by atoms with Gasteiger partial charge in [-0.25, -0.2) is 0 Å². The first-order valence-corrected chi connectivity index (χ1v) is 6.59. The van der Waals surface area contributed by atoms with Crippen molar-refractivity contribution in [1.29, 1.82) is 0 Å². The molecule has 3 atom stereocenters. The van der Waals surface area contributed by atoms with Crippen LogP contribution in [0.15, 0.2) is 12.3 Å². The Bertz CT molecular complexity index is 360. The van der Waals surface area contributed by atoms with Crippen LogP contribution in [0, 0.1) is 5.92 Å². The molecule has 0 bridgehead atoms. The Morgan fingerprint density at radius 1 is 1.59 bits per heavy atom. The molecule has 0 spiro atoms. The second-order valence-electron chi connectivity index (χ2n) is 5.22. The Morgan fingerprint density at radius 3 is 2.94 bits per heavy atom. The molecule has 0 aromatic carbocycles. The molecule has 3 unspecified atom stereocenters. The number of piperidine rings is 1. The van der Waals surface area contributed by atoms with Crippen LogP contribution >= 0.6 is 0 Å². The minimum atomic E-state index is 0.402. The van der Waals surface area contributed by atoms with Crippen molar-refractivity contribution in [3.63, 3.8) is 0 Å². The number of hydrogen-bond acceptors (Lipinski definition) is 3. The highest BCUT2D eigenvalue weighted by molar-refractivity contribution is 5.07. The minimum absolute atomic E-state index is 0.402. The minimum Gasteiger partial charge on any atom is -0.329 e. The lowest BCUT2D eigenvalue weighted by atomic mass is 9.89. The van der Waals surface area contributed by atoms with Crippen LogP contribution in [0.3, 0.4) is 0 Å². The summed E-state index contributed by atoms with van der Waals surface area (Å²) in [5.41, 5.74) is 7.22. The van der Waals surface area contributed by atoms with Crippen LogP contribution in [0.1, 0.15) is 38.4 Å². The molecule has 1 saturated heterocycles. The third kappa shape index (κ3) is 2.38.